The van der Waals surface area contributed by atoms with Crippen molar-refractivity contribution < 1.29 is 13.9 Å². The minimum atomic E-state index is -0.395. The molecule has 0 radical (unpaired) electrons. The van der Waals surface area contributed by atoms with Crippen LogP contribution in [0.4, 0.5) is 5.69 Å². The fraction of sp³-hybridized carbons (Fsp3) is 0.0526. The van der Waals surface area contributed by atoms with Gasteiger partial charge in [0, 0.05) is 11.8 Å². The Hall–Kier alpha value is -3.05. The summed E-state index contributed by atoms with van der Waals surface area (Å²) in [4.78, 5) is 24.4. The van der Waals surface area contributed by atoms with E-state index in [1.165, 1.54) is 25.5 Å². The Balaban J connectivity index is 1.78. The molecule has 1 N–H and O–H groups in total. The molecular formula is C19H14ClNO4. The number of methoxy groups -OCH3 is 1. The molecule has 0 aliphatic heterocycles. The fourth-order valence-corrected chi connectivity index (χ4v) is 2.56. The molecule has 1 heterocycles. The molecule has 0 saturated heterocycles. The van der Waals surface area contributed by atoms with Gasteiger partial charge in [0.2, 0.25) is 5.91 Å². The van der Waals surface area contributed by atoms with Crippen LogP contribution in [0.25, 0.3) is 17.0 Å². The van der Waals surface area contributed by atoms with Gasteiger partial charge in [-0.2, -0.15) is 0 Å². The number of ether oxygens (including phenoxy) is 1. The van der Waals surface area contributed by atoms with Crippen molar-refractivity contribution in [1.82, 2.24) is 0 Å². The second kappa shape index (κ2) is 7.23. The van der Waals surface area contributed by atoms with Crippen molar-refractivity contribution in [1.29, 1.82) is 0 Å². The summed E-state index contributed by atoms with van der Waals surface area (Å²) < 4.78 is 10.5. The summed E-state index contributed by atoms with van der Waals surface area (Å²) >= 11 is 6.01. The molecule has 0 spiro atoms. The number of hydrogen-bond donors (Lipinski definition) is 1. The summed E-state index contributed by atoms with van der Waals surface area (Å²) in [5, 5.41) is 3.52. The Kier molecular flexibility index (Phi) is 4.86. The predicted molar refractivity (Wildman–Crippen MR) is 98.2 cm³/mol. The molecule has 3 rings (SSSR count). The van der Waals surface area contributed by atoms with E-state index in [2.05, 4.69) is 5.32 Å². The first-order valence-corrected chi connectivity index (χ1v) is 7.79. The van der Waals surface area contributed by atoms with Crippen LogP contribution in [0.5, 0.6) is 5.75 Å². The van der Waals surface area contributed by atoms with Crippen molar-refractivity contribution in [3.05, 3.63) is 75.6 Å². The van der Waals surface area contributed by atoms with Gasteiger partial charge in [0.15, 0.2) is 5.43 Å². The van der Waals surface area contributed by atoms with Gasteiger partial charge >= 0.3 is 0 Å². The van der Waals surface area contributed by atoms with Crippen LogP contribution >= 0.6 is 11.6 Å². The average molecular weight is 356 g/mol. The van der Waals surface area contributed by atoms with Crippen molar-refractivity contribution >= 4 is 40.2 Å². The van der Waals surface area contributed by atoms with Gasteiger partial charge in [-0.1, -0.05) is 23.7 Å². The van der Waals surface area contributed by atoms with Crippen LogP contribution in [0.15, 0.2) is 64.0 Å². The van der Waals surface area contributed by atoms with E-state index in [1.54, 1.807) is 42.5 Å². The fourth-order valence-electron chi connectivity index (χ4n) is 2.30. The Morgan fingerprint density at radius 1 is 1.24 bits per heavy atom. The van der Waals surface area contributed by atoms with Gasteiger partial charge in [0.05, 0.1) is 23.1 Å². The highest BCUT2D eigenvalue weighted by molar-refractivity contribution is 6.32. The molecule has 6 heteroatoms. The van der Waals surface area contributed by atoms with Crippen molar-refractivity contribution in [2.75, 3.05) is 12.4 Å². The molecule has 0 saturated carbocycles. The summed E-state index contributed by atoms with van der Waals surface area (Å²) in [7, 11) is 1.51. The standard InChI is InChI=1S/C19H14ClNO4/c1-24-17-8-7-13(10-15(17)20)21-18(22)9-6-12-11-25-16-5-3-2-4-14(16)19(12)23/h2-11H,1H3,(H,21,22)/b9-6+. The van der Waals surface area contributed by atoms with Gasteiger partial charge in [-0.05, 0) is 36.4 Å². The molecule has 5 nitrogen and oxygen atoms in total. The first kappa shape index (κ1) is 16.8. The van der Waals surface area contributed by atoms with Crippen molar-refractivity contribution in [3.63, 3.8) is 0 Å². The molecule has 2 aromatic carbocycles. The maximum absolute atomic E-state index is 12.3. The second-order valence-corrected chi connectivity index (χ2v) is 5.60. The largest absolute Gasteiger partial charge is 0.495 e. The zero-order chi connectivity index (χ0) is 17.8. The number of hydrogen-bond acceptors (Lipinski definition) is 4. The molecule has 3 aromatic rings. The molecule has 25 heavy (non-hydrogen) atoms. The summed E-state index contributed by atoms with van der Waals surface area (Å²) in [6, 6.07) is 11.8. The maximum atomic E-state index is 12.3. The molecule has 0 fully saturated rings. The predicted octanol–water partition coefficient (Wildman–Crippen LogP) is 4.11. The maximum Gasteiger partial charge on any atom is 0.248 e. The molecule has 1 amide bonds. The van der Waals surface area contributed by atoms with Crippen LogP contribution in [-0.4, -0.2) is 13.0 Å². The number of nitrogens with one attached hydrogen (secondary N) is 1. The summed E-state index contributed by atoms with van der Waals surface area (Å²) in [5.41, 5.74) is 1.12. The van der Waals surface area contributed by atoms with E-state index in [1.807, 2.05) is 0 Å². The molecule has 0 aliphatic carbocycles. The lowest BCUT2D eigenvalue weighted by atomic mass is 10.1. The number of halogens is 1. The zero-order valence-electron chi connectivity index (χ0n) is 13.3. The molecule has 0 atom stereocenters. The van der Waals surface area contributed by atoms with Crippen molar-refractivity contribution in [3.8, 4) is 5.75 Å². The third-order valence-corrected chi connectivity index (χ3v) is 3.84. The van der Waals surface area contributed by atoms with E-state index in [9.17, 15) is 9.59 Å². The SMILES string of the molecule is COc1ccc(NC(=O)/C=C/c2coc3ccccc3c2=O)cc1Cl. The first-order valence-electron chi connectivity index (χ1n) is 7.41. The third kappa shape index (κ3) is 3.72. The van der Waals surface area contributed by atoms with Gasteiger partial charge in [0.25, 0.3) is 0 Å². The van der Waals surface area contributed by atoms with E-state index in [-0.39, 0.29) is 5.43 Å². The number of rotatable bonds is 4. The number of amides is 1. The van der Waals surface area contributed by atoms with Crippen molar-refractivity contribution in [2.45, 2.75) is 0 Å². The van der Waals surface area contributed by atoms with E-state index >= 15 is 0 Å². The minimum Gasteiger partial charge on any atom is -0.495 e. The molecule has 0 bridgehead atoms. The number of carbonyl (C=O) groups is 1. The Labute approximate surface area is 148 Å². The Morgan fingerprint density at radius 2 is 2.04 bits per heavy atom. The summed E-state index contributed by atoms with van der Waals surface area (Å²) in [6.07, 6.45) is 4.01. The van der Waals surface area contributed by atoms with E-state index in [0.29, 0.717) is 33.0 Å². The highest BCUT2D eigenvalue weighted by Crippen LogP contribution is 2.27. The molecular weight excluding hydrogens is 342 g/mol. The van der Waals surface area contributed by atoms with Crippen LogP contribution < -0.4 is 15.5 Å². The Bertz CT molecular complexity index is 1020. The lowest BCUT2D eigenvalue weighted by Gasteiger charge is -2.06. The van der Waals surface area contributed by atoms with Gasteiger partial charge in [0.1, 0.15) is 17.6 Å². The highest BCUT2D eigenvalue weighted by atomic mass is 35.5. The number of carbonyl (C=O) groups excluding carboxylic acids is 1. The van der Waals surface area contributed by atoms with E-state index in [4.69, 9.17) is 20.8 Å². The lowest BCUT2D eigenvalue weighted by Crippen LogP contribution is -2.09. The molecule has 1 aromatic heterocycles. The third-order valence-electron chi connectivity index (χ3n) is 3.54. The number of fused-ring (bicyclic) bond motifs is 1. The smallest absolute Gasteiger partial charge is 0.248 e. The number of anilines is 1. The van der Waals surface area contributed by atoms with Gasteiger partial charge in [-0.25, -0.2) is 0 Å². The minimum absolute atomic E-state index is 0.196. The Morgan fingerprint density at radius 3 is 2.80 bits per heavy atom. The quantitative estimate of drug-likeness (QED) is 0.715. The van der Waals surface area contributed by atoms with E-state index in [0.717, 1.165) is 0 Å². The second-order valence-electron chi connectivity index (χ2n) is 5.19. The summed E-state index contributed by atoms with van der Waals surface area (Å²) in [5.74, 6) is 0.123. The normalized spacial score (nSPS) is 11.0. The van der Waals surface area contributed by atoms with E-state index < -0.39 is 5.91 Å². The van der Waals surface area contributed by atoms with Crippen LogP contribution in [0.3, 0.4) is 0 Å². The molecule has 126 valence electrons. The average Bonchev–Trinajstić information content (AvgIpc) is 2.61. The number of para-hydroxylation sites is 1. The van der Waals surface area contributed by atoms with Crippen LogP contribution in [0.2, 0.25) is 5.02 Å². The van der Waals surface area contributed by atoms with Gasteiger partial charge in [-0.15, -0.1) is 0 Å². The van der Waals surface area contributed by atoms with Crippen LogP contribution in [0.1, 0.15) is 5.56 Å². The van der Waals surface area contributed by atoms with Crippen LogP contribution in [-0.2, 0) is 4.79 Å². The topological polar surface area (TPSA) is 68.5 Å². The monoisotopic (exact) mass is 355 g/mol. The molecule has 0 unspecified atom stereocenters. The summed E-state index contributed by atoms with van der Waals surface area (Å²) in [6.45, 7) is 0. The highest BCUT2D eigenvalue weighted by Gasteiger charge is 2.06. The van der Waals surface area contributed by atoms with Crippen molar-refractivity contribution in [2.24, 2.45) is 0 Å². The lowest BCUT2D eigenvalue weighted by molar-refractivity contribution is -0.111. The molecule has 0 aliphatic rings. The first-order chi connectivity index (χ1) is 12.1. The van der Waals surface area contributed by atoms with Gasteiger partial charge in [-0.3, -0.25) is 9.59 Å². The van der Waals surface area contributed by atoms with Crippen LogP contribution in [0, 0.1) is 0 Å². The number of benzene rings is 2. The zero-order valence-corrected chi connectivity index (χ0v) is 14.0. The van der Waals surface area contributed by atoms with Gasteiger partial charge < -0.3 is 14.5 Å².